The minimum atomic E-state index is -0.566. The predicted octanol–water partition coefficient (Wildman–Crippen LogP) is -0.368. The molecule has 0 aliphatic rings. The smallest absolute Gasteiger partial charge is 0.255 e. The Kier molecular flexibility index (Phi) is 7.20. The van der Waals surface area contributed by atoms with Crippen LogP contribution in [0.25, 0.3) is 0 Å². The molecule has 0 fully saturated rings. The van der Waals surface area contributed by atoms with Gasteiger partial charge in [0.25, 0.3) is 11.8 Å². The van der Waals surface area contributed by atoms with Gasteiger partial charge in [0.2, 0.25) is 0 Å². The normalized spacial score (nSPS) is 10.2. The van der Waals surface area contributed by atoms with Crippen molar-refractivity contribution in [2.75, 3.05) is 40.0 Å². The number of carbonyl (C=O) groups is 2. The van der Waals surface area contributed by atoms with E-state index in [9.17, 15) is 9.59 Å². The van der Waals surface area contributed by atoms with E-state index in [2.05, 4.69) is 0 Å². The summed E-state index contributed by atoms with van der Waals surface area (Å²) in [5.74, 6) is -0.317. The number of aliphatic hydroxyl groups excluding tert-OH is 1. The Bertz CT molecular complexity index is 461. The molecule has 7 heteroatoms. The number of rotatable bonds is 9. The van der Waals surface area contributed by atoms with Crippen LogP contribution < -0.4 is 10.5 Å². The molecule has 0 saturated heterocycles. The molecule has 0 aromatic heterocycles. The first-order chi connectivity index (χ1) is 10.1. The van der Waals surface area contributed by atoms with Crippen molar-refractivity contribution >= 4 is 11.8 Å². The van der Waals surface area contributed by atoms with Crippen molar-refractivity contribution < 1.29 is 24.2 Å². The van der Waals surface area contributed by atoms with E-state index in [1.807, 2.05) is 0 Å². The van der Waals surface area contributed by atoms with Crippen LogP contribution in [0.1, 0.15) is 10.4 Å². The van der Waals surface area contributed by atoms with Crippen molar-refractivity contribution in [2.24, 2.45) is 5.73 Å². The third-order valence-electron chi connectivity index (χ3n) is 2.70. The van der Waals surface area contributed by atoms with Crippen molar-refractivity contribution in [3.8, 4) is 5.75 Å². The first-order valence-corrected chi connectivity index (χ1v) is 6.48. The van der Waals surface area contributed by atoms with Gasteiger partial charge in [-0.2, -0.15) is 0 Å². The highest BCUT2D eigenvalue weighted by Gasteiger charge is 2.15. The number of amides is 2. The van der Waals surface area contributed by atoms with Gasteiger partial charge in [-0.3, -0.25) is 9.59 Å². The van der Waals surface area contributed by atoms with Gasteiger partial charge < -0.3 is 25.2 Å². The van der Waals surface area contributed by atoms with Crippen molar-refractivity contribution in [3.05, 3.63) is 29.8 Å². The third kappa shape index (κ3) is 5.80. The lowest BCUT2D eigenvalue weighted by molar-refractivity contribution is -0.119. The number of primary amides is 1. The van der Waals surface area contributed by atoms with Crippen molar-refractivity contribution in [1.29, 1.82) is 0 Å². The molecule has 0 saturated carbocycles. The molecule has 116 valence electrons. The second-order valence-corrected chi connectivity index (χ2v) is 4.29. The molecular formula is C14H20N2O5. The average molecular weight is 296 g/mol. The number of hydrogen-bond acceptors (Lipinski definition) is 5. The minimum absolute atomic E-state index is 0.116. The first-order valence-electron chi connectivity index (χ1n) is 6.48. The second-order valence-electron chi connectivity index (χ2n) is 4.29. The van der Waals surface area contributed by atoms with Gasteiger partial charge in [0.15, 0.2) is 6.61 Å². The molecule has 0 atom stereocenters. The van der Waals surface area contributed by atoms with Crippen LogP contribution in [0.3, 0.4) is 0 Å². The van der Waals surface area contributed by atoms with Gasteiger partial charge in [-0.1, -0.05) is 0 Å². The maximum Gasteiger partial charge on any atom is 0.255 e. The van der Waals surface area contributed by atoms with Gasteiger partial charge in [-0.25, -0.2) is 0 Å². The molecule has 2 amide bonds. The van der Waals surface area contributed by atoms with Crippen LogP contribution in [0.15, 0.2) is 24.3 Å². The lowest BCUT2D eigenvalue weighted by atomic mass is 10.2. The van der Waals surface area contributed by atoms with Crippen molar-refractivity contribution in [1.82, 2.24) is 4.90 Å². The topological polar surface area (TPSA) is 102 Å². The van der Waals surface area contributed by atoms with E-state index in [4.69, 9.17) is 20.3 Å². The number of nitrogens with two attached hydrogens (primary N) is 1. The fraction of sp³-hybridized carbons (Fsp3) is 0.429. The quantitative estimate of drug-likeness (QED) is 0.647. The van der Waals surface area contributed by atoms with Gasteiger partial charge >= 0.3 is 0 Å². The van der Waals surface area contributed by atoms with E-state index in [-0.39, 0.29) is 25.7 Å². The monoisotopic (exact) mass is 296 g/mol. The number of hydrogen-bond donors (Lipinski definition) is 2. The standard InChI is InChI=1S/C14H20N2O5/c1-20-9-7-16(6-8-17)14(19)11-2-4-12(5-3-11)21-10-13(15)18/h2-5,17H,6-10H2,1H3,(H2,15,18). The zero-order valence-corrected chi connectivity index (χ0v) is 11.9. The zero-order valence-electron chi connectivity index (χ0n) is 11.9. The Hall–Kier alpha value is -2.12. The predicted molar refractivity (Wildman–Crippen MR) is 76.0 cm³/mol. The van der Waals surface area contributed by atoms with Crippen molar-refractivity contribution in [2.45, 2.75) is 0 Å². The lowest BCUT2D eigenvalue weighted by Gasteiger charge is -2.21. The fourth-order valence-electron chi connectivity index (χ4n) is 1.67. The largest absolute Gasteiger partial charge is 0.484 e. The van der Waals surface area contributed by atoms with Gasteiger partial charge in [0.1, 0.15) is 5.75 Å². The maximum absolute atomic E-state index is 12.3. The Labute approximate surface area is 123 Å². The Morgan fingerprint density at radius 2 is 1.90 bits per heavy atom. The average Bonchev–Trinajstić information content (AvgIpc) is 2.49. The molecule has 0 spiro atoms. The summed E-state index contributed by atoms with van der Waals surface area (Å²) >= 11 is 0. The molecule has 3 N–H and O–H groups in total. The number of carbonyl (C=O) groups excluding carboxylic acids is 2. The molecule has 1 rings (SSSR count). The van der Waals surface area contributed by atoms with Crippen LogP contribution in [0.4, 0.5) is 0 Å². The second kappa shape index (κ2) is 8.93. The molecular weight excluding hydrogens is 276 g/mol. The summed E-state index contributed by atoms with van der Waals surface area (Å²) < 4.78 is 10.1. The molecule has 0 aliphatic heterocycles. The van der Waals surface area contributed by atoms with Crippen LogP contribution in [-0.2, 0) is 9.53 Å². The third-order valence-corrected chi connectivity index (χ3v) is 2.70. The molecule has 0 radical (unpaired) electrons. The number of aliphatic hydroxyl groups is 1. The summed E-state index contributed by atoms with van der Waals surface area (Å²) in [6, 6.07) is 6.36. The number of nitrogens with zero attached hydrogens (tertiary/aromatic N) is 1. The summed E-state index contributed by atoms with van der Waals surface area (Å²) in [5.41, 5.74) is 5.44. The maximum atomic E-state index is 12.3. The van der Waals surface area contributed by atoms with E-state index < -0.39 is 5.91 Å². The van der Waals surface area contributed by atoms with Gasteiger partial charge in [-0.05, 0) is 24.3 Å². The Morgan fingerprint density at radius 1 is 1.24 bits per heavy atom. The van der Waals surface area contributed by atoms with Crippen molar-refractivity contribution in [3.63, 3.8) is 0 Å². The van der Waals surface area contributed by atoms with E-state index in [1.165, 1.54) is 4.90 Å². The van der Waals surface area contributed by atoms with Crippen LogP contribution in [0.5, 0.6) is 5.75 Å². The Morgan fingerprint density at radius 3 is 2.43 bits per heavy atom. The zero-order chi connectivity index (χ0) is 15.7. The van der Waals surface area contributed by atoms with E-state index in [0.29, 0.717) is 24.5 Å². The van der Waals surface area contributed by atoms with Crippen LogP contribution in [0, 0.1) is 0 Å². The van der Waals surface area contributed by atoms with E-state index >= 15 is 0 Å². The molecule has 0 bridgehead atoms. The summed E-state index contributed by atoms with van der Waals surface area (Å²) in [4.78, 5) is 24.4. The number of methoxy groups -OCH3 is 1. The minimum Gasteiger partial charge on any atom is -0.484 e. The molecule has 0 aliphatic carbocycles. The van der Waals surface area contributed by atoms with E-state index in [0.717, 1.165) is 0 Å². The van der Waals surface area contributed by atoms with Crippen LogP contribution in [-0.4, -0.2) is 61.8 Å². The number of benzene rings is 1. The van der Waals surface area contributed by atoms with Crippen LogP contribution in [0.2, 0.25) is 0 Å². The molecule has 0 unspecified atom stereocenters. The van der Waals surface area contributed by atoms with Gasteiger partial charge in [0.05, 0.1) is 13.2 Å². The molecule has 7 nitrogen and oxygen atoms in total. The summed E-state index contributed by atoms with van der Waals surface area (Å²) in [5, 5.41) is 9.00. The summed E-state index contributed by atoms with van der Waals surface area (Å²) in [6.45, 7) is 0.705. The Balaban J connectivity index is 2.69. The van der Waals surface area contributed by atoms with Gasteiger partial charge in [-0.15, -0.1) is 0 Å². The molecule has 0 heterocycles. The highest BCUT2D eigenvalue weighted by Crippen LogP contribution is 2.13. The lowest BCUT2D eigenvalue weighted by Crippen LogP contribution is -2.36. The first kappa shape index (κ1) is 16.9. The fourth-order valence-corrected chi connectivity index (χ4v) is 1.67. The number of ether oxygens (including phenoxy) is 2. The molecule has 1 aromatic carbocycles. The highest BCUT2D eigenvalue weighted by molar-refractivity contribution is 5.94. The summed E-state index contributed by atoms with van der Waals surface area (Å²) in [7, 11) is 1.55. The highest BCUT2D eigenvalue weighted by atomic mass is 16.5. The molecule has 21 heavy (non-hydrogen) atoms. The SMILES string of the molecule is COCCN(CCO)C(=O)c1ccc(OCC(N)=O)cc1. The van der Waals surface area contributed by atoms with Gasteiger partial charge in [0, 0.05) is 25.8 Å². The summed E-state index contributed by atoms with van der Waals surface area (Å²) in [6.07, 6.45) is 0. The van der Waals surface area contributed by atoms with Crippen LogP contribution >= 0.6 is 0 Å². The van der Waals surface area contributed by atoms with E-state index in [1.54, 1.807) is 31.4 Å². The molecule has 1 aromatic rings.